The molecule has 2 rings (SSSR count). The average Bonchev–Trinajstić information content (AvgIpc) is 2.60. The highest BCUT2D eigenvalue weighted by molar-refractivity contribution is 5.35. The van der Waals surface area contributed by atoms with Crippen LogP contribution in [0, 0.1) is 11.3 Å². The summed E-state index contributed by atoms with van der Waals surface area (Å²) in [5, 5.41) is 0. The summed E-state index contributed by atoms with van der Waals surface area (Å²) in [5.41, 5.74) is 2.09. The van der Waals surface area contributed by atoms with Crippen molar-refractivity contribution in [3.8, 4) is 0 Å². The summed E-state index contributed by atoms with van der Waals surface area (Å²) in [6.45, 7) is 4.47. The number of hydrogen-bond donors (Lipinski definition) is 0. The largest absolute Gasteiger partial charge is 0.0877 e. The van der Waals surface area contributed by atoms with E-state index >= 15 is 0 Å². The molecular weight excluding hydrogens is 156 g/mol. The summed E-state index contributed by atoms with van der Waals surface area (Å²) in [7, 11) is 0. The zero-order valence-electron chi connectivity index (χ0n) is 8.59. The van der Waals surface area contributed by atoms with Crippen molar-refractivity contribution in [2.45, 2.75) is 33.1 Å². The molecular formula is C13H18. The molecule has 0 heterocycles. The normalized spacial score (nSPS) is 38.0. The quantitative estimate of drug-likeness (QED) is 0.557. The molecule has 13 heavy (non-hydrogen) atoms. The van der Waals surface area contributed by atoms with E-state index in [1.807, 2.05) is 0 Å². The fraction of sp³-hybridized carbons (Fsp3) is 0.538. The van der Waals surface area contributed by atoms with E-state index in [2.05, 4.69) is 44.2 Å². The second-order valence-electron chi connectivity index (χ2n) is 4.57. The zero-order valence-corrected chi connectivity index (χ0v) is 8.59. The Balaban J connectivity index is 2.13. The Labute approximate surface area is 81.0 Å². The number of rotatable bonds is 2. The molecule has 0 amide bonds. The highest BCUT2D eigenvalue weighted by Gasteiger charge is 2.41. The van der Waals surface area contributed by atoms with Gasteiger partial charge in [-0.2, -0.15) is 0 Å². The van der Waals surface area contributed by atoms with Crippen LogP contribution >= 0.6 is 0 Å². The third-order valence-corrected chi connectivity index (χ3v) is 3.47. The lowest BCUT2D eigenvalue weighted by molar-refractivity contribution is 0.434. The lowest BCUT2D eigenvalue weighted by atomic mass is 9.82. The lowest BCUT2D eigenvalue weighted by Crippen LogP contribution is -2.10. The van der Waals surface area contributed by atoms with Crippen molar-refractivity contribution >= 4 is 0 Å². The van der Waals surface area contributed by atoms with Gasteiger partial charge in [0.2, 0.25) is 0 Å². The molecule has 0 aromatic rings. The lowest BCUT2D eigenvalue weighted by Gasteiger charge is -2.22. The van der Waals surface area contributed by atoms with Gasteiger partial charge in [0.1, 0.15) is 0 Å². The van der Waals surface area contributed by atoms with Crippen LogP contribution in [0.2, 0.25) is 0 Å². The highest BCUT2D eigenvalue weighted by Crippen LogP contribution is 2.53. The van der Waals surface area contributed by atoms with E-state index < -0.39 is 0 Å². The van der Waals surface area contributed by atoms with Gasteiger partial charge in [-0.25, -0.2) is 0 Å². The molecule has 0 spiro atoms. The van der Waals surface area contributed by atoms with E-state index in [0.717, 1.165) is 5.92 Å². The predicted molar refractivity (Wildman–Crippen MR) is 57.5 cm³/mol. The van der Waals surface area contributed by atoms with Gasteiger partial charge in [-0.3, -0.25) is 0 Å². The minimum absolute atomic E-state index is 0.517. The van der Waals surface area contributed by atoms with Crippen LogP contribution in [0.5, 0.6) is 0 Å². The maximum Gasteiger partial charge on any atom is -0.00725 e. The maximum absolute atomic E-state index is 2.48. The van der Waals surface area contributed by atoms with Gasteiger partial charge < -0.3 is 0 Å². The summed E-state index contributed by atoms with van der Waals surface area (Å²) >= 11 is 0. The molecule has 0 saturated heterocycles. The molecule has 2 aliphatic carbocycles. The predicted octanol–water partition coefficient (Wildman–Crippen LogP) is 3.87. The van der Waals surface area contributed by atoms with Gasteiger partial charge in [-0.1, -0.05) is 37.3 Å². The van der Waals surface area contributed by atoms with Crippen molar-refractivity contribution in [2.75, 3.05) is 0 Å². The van der Waals surface area contributed by atoms with Gasteiger partial charge in [0.15, 0.2) is 0 Å². The summed E-state index contributed by atoms with van der Waals surface area (Å²) in [4.78, 5) is 0. The van der Waals surface area contributed by atoms with Crippen LogP contribution in [0.15, 0.2) is 36.0 Å². The fourth-order valence-corrected chi connectivity index (χ4v) is 2.67. The topological polar surface area (TPSA) is 0 Å². The second-order valence-corrected chi connectivity index (χ2v) is 4.57. The Morgan fingerprint density at radius 2 is 2.31 bits per heavy atom. The van der Waals surface area contributed by atoms with Crippen LogP contribution in [0.1, 0.15) is 33.1 Å². The van der Waals surface area contributed by atoms with Gasteiger partial charge in [-0.05, 0) is 43.1 Å². The van der Waals surface area contributed by atoms with Crippen LogP contribution in [0.3, 0.4) is 0 Å². The molecule has 2 bridgehead atoms. The van der Waals surface area contributed by atoms with Gasteiger partial charge in [-0.15, -0.1) is 0 Å². The van der Waals surface area contributed by atoms with Crippen LogP contribution in [0.4, 0.5) is 0 Å². The monoisotopic (exact) mass is 174 g/mol. The average molecular weight is 174 g/mol. The maximum atomic E-state index is 2.48. The third kappa shape index (κ3) is 1.50. The van der Waals surface area contributed by atoms with Gasteiger partial charge in [0, 0.05) is 0 Å². The van der Waals surface area contributed by atoms with E-state index in [1.165, 1.54) is 19.3 Å². The molecule has 0 aliphatic heterocycles. The van der Waals surface area contributed by atoms with Crippen LogP contribution < -0.4 is 0 Å². The van der Waals surface area contributed by atoms with Crippen molar-refractivity contribution in [2.24, 2.45) is 11.3 Å². The first kappa shape index (κ1) is 8.80. The highest BCUT2D eigenvalue weighted by atomic mass is 14.5. The molecule has 0 aromatic carbocycles. The minimum atomic E-state index is 0.517. The molecule has 1 fully saturated rings. The molecule has 0 heteroatoms. The van der Waals surface area contributed by atoms with Gasteiger partial charge in [0.25, 0.3) is 0 Å². The van der Waals surface area contributed by atoms with E-state index in [9.17, 15) is 0 Å². The van der Waals surface area contributed by atoms with Crippen LogP contribution in [0.25, 0.3) is 0 Å². The Hall–Kier alpha value is -0.780. The zero-order chi connectivity index (χ0) is 9.31. The van der Waals surface area contributed by atoms with Crippen molar-refractivity contribution in [1.82, 2.24) is 0 Å². The Morgan fingerprint density at radius 1 is 1.46 bits per heavy atom. The molecule has 0 aromatic heterocycles. The van der Waals surface area contributed by atoms with E-state index in [-0.39, 0.29) is 0 Å². The van der Waals surface area contributed by atoms with Gasteiger partial charge >= 0.3 is 0 Å². The first-order chi connectivity index (χ1) is 6.24. The van der Waals surface area contributed by atoms with E-state index in [4.69, 9.17) is 0 Å². The van der Waals surface area contributed by atoms with Crippen LogP contribution in [-0.4, -0.2) is 0 Å². The Bertz CT molecular complexity index is 280. The standard InChI is InChI=1S/C13H18/c1-3-4-5-6-12-9-11-7-8-13(12,2)10-11/h3-6,9,11H,7-8,10H2,1-2H3. The van der Waals surface area contributed by atoms with Crippen molar-refractivity contribution in [1.29, 1.82) is 0 Å². The van der Waals surface area contributed by atoms with Crippen molar-refractivity contribution < 1.29 is 0 Å². The van der Waals surface area contributed by atoms with Gasteiger partial charge in [0.05, 0.1) is 0 Å². The van der Waals surface area contributed by atoms with E-state index in [0.29, 0.717) is 5.41 Å². The summed E-state index contributed by atoms with van der Waals surface area (Å²) in [6, 6.07) is 0. The molecule has 2 unspecified atom stereocenters. The molecule has 0 N–H and O–H groups in total. The third-order valence-electron chi connectivity index (χ3n) is 3.47. The Morgan fingerprint density at radius 3 is 2.85 bits per heavy atom. The molecule has 70 valence electrons. The Kier molecular flexibility index (Phi) is 2.15. The van der Waals surface area contributed by atoms with E-state index in [1.54, 1.807) is 5.57 Å². The minimum Gasteiger partial charge on any atom is -0.0877 e. The SMILES string of the molecule is CC=CC=CC1=CC2CCC1(C)C2. The van der Waals surface area contributed by atoms with Crippen molar-refractivity contribution in [3.63, 3.8) is 0 Å². The molecule has 2 aliphatic rings. The summed E-state index contributed by atoms with van der Waals surface area (Å²) in [6.07, 6.45) is 15.3. The number of fused-ring (bicyclic) bond motifs is 2. The first-order valence-corrected chi connectivity index (χ1v) is 5.26. The first-order valence-electron chi connectivity index (χ1n) is 5.26. The van der Waals surface area contributed by atoms with Crippen molar-refractivity contribution in [3.05, 3.63) is 36.0 Å². The second kappa shape index (κ2) is 3.17. The molecule has 2 atom stereocenters. The molecule has 1 saturated carbocycles. The number of hydrogen-bond acceptors (Lipinski definition) is 0. The summed E-state index contributed by atoms with van der Waals surface area (Å²) in [5.74, 6) is 0.884. The molecule has 0 nitrogen and oxygen atoms in total. The number of allylic oxidation sites excluding steroid dienone is 6. The molecule has 0 radical (unpaired) electrons. The van der Waals surface area contributed by atoms with Crippen LogP contribution in [-0.2, 0) is 0 Å². The smallest absolute Gasteiger partial charge is 0.00725 e. The summed E-state index contributed by atoms with van der Waals surface area (Å²) < 4.78 is 0. The fourth-order valence-electron chi connectivity index (χ4n) is 2.67.